The number of hydrogen-bond donors (Lipinski definition) is 2. The van der Waals surface area contributed by atoms with Gasteiger partial charge in [0.05, 0.1) is 29.1 Å². The normalized spacial score (nSPS) is 10.7. The number of carbonyl (C=O) groups excluding carboxylic acids is 2. The molecule has 3 aromatic carbocycles. The van der Waals surface area contributed by atoms with Gasteiger partial charge in [-0.15, -0.1) is 0 Å². The van der Waals surface area contributed by atoms with E-state index in [0.29, 0.717) is 27.1 Å². The summed E-state index contributed by atoms with van der Waals surface area (Å²) in [5.41, 5.74) is 3.22. The molecule has 10 heteroatoms. The Labute approximate surface area is 199 Å². The highest BCUT2D eigenvalue weighted by molar-refractivity contribution is 6.42. The van der Waals surface area contributed by atoms with Gasteiger partial charge in [-0.05, 0) is 42.0 Å². The predicted molar refractivity (Wildman–Crippen MR) is 125 cm³/mol. The van der Waals surface area contributed by atoms with Crippen molar-refractivity contribution in [2.45, 2.75) is 6.61 Å². The Hall–Kier alpha value is -3.62. The Morgan fingerprint density at radius 3 is 2.55 bits per heavy atom. The average molecular weight is 490 g/mol. The van der Waals surface area contributed by atoms with Crippen molar-refractivity contribution in [3.8, 4) is 11.5 Å². The average Bonchev–Trinajstić information content (AvgIpc) is 2.81. The van der Waals surface area contributed by atoms with Gasteiger partial charge in [-0.2, -0.15) is 5.10 Å². The lowest BCUT2D eigenvalue weighted by atomic mass is 10.2. The first-order valence-corrected chi connectivity index (χ1v) is 10.3. The van der Waals surface area contributed by atoms with Crippen molar-refractivity contribution >= 4 is 46.9 Å². The van der Waals surface area contributed by atoms with Crippen molar-refractivity contribution in [2.24, 2.45) is 5.10 Å². The first-order valence-electron chi connectivity index (χ1n) is 9.51. The Bertz CT molecular complexity index is 1200. The minimum atomic E-state index is -1.07. The van der Waals surface area contributed by atoms with Crippen molar-refractivity contribution in [2.75, 3.05) is 12.4 Å². The van der Waals surface area contributed by atoms with Crippen molar-refractivity contribution in [3.05, 3.63) is 87.7 Å². The first-order chi connectivity index (χ1) is 15.9. The van der Waals surface area contributed by atoms with Crippen LogP contribution in [0.25, 0.3) is 0 Å². The van der Waals surface area contributed by atoms with Crippen LogP contribution in [-0.4, -0.2) is 25.1 Å². The third-order valence-electron chi connectivity index (χ3n) is 4.29. The zero-order chi connectivity index (χ0) is 23.8. The number of amides is 2. The van der Waals surface area contributed by atoms with E-state index in [1.807, 2.05) is 0 Å². The Morgan fingerprint density at radius 2 is 1.82 bits per heavy atom. The molecule has 2 N–H and O–H groups in total. The van der Waals surface area contributed by atoms with Crippen LogP contribution in [-0.2, 0) is 16.2 Å². The van der Waals surface area contributed by atoms with E-state index in [1.54, 1.807) is 36.4 Å². The fourth-order valence-electron chi connectivity index (χ4n) is 2.69. The summed E-state index contributed by atoms with van der Waals surface area (Å²) in [6.07, 6.45) is 1.29. The summed E-state index contributed by atoms with van der Waals surface area (Å²) in [5.74, 6) is -2.01. The molecule has 0 aromatic heterocycles. The number of ether oxygens (including phenoxy) is 2. The maximum atomic E-state index is 13.6. The number of nitrogens with one attached hydrogen (secondary N) is 2. The van der Waals surface area contributed by atoms with Crippen molar-refractivity contribution in [1.82, 2.24) is 5.43 Å². The van der Waals surface area contributed by atoms with Crippen molar-refractivity contribution < 1.29 is 23.5 Å². The van der Waals surface area contributed by atoms with Gasteiger partial charge in [-0.3, -0.25) is 9.59 Å². The fraction of sp³-hybridized carbons (Fsp3) is 0.0870. The quantitative estimate of drug-likeness (QED) is 0.283. The summed E-state index contributed by atoms with van der Waals surface area (Å²) in [4.78, 5) is 23.9. The highest BCUT2D eigenvalue weighted by atomic mass is 35.5. The lowest BCUT2D eigenvalue weighted by molar-refractivity contribution is -0.136. The van der Waals surface area contributed by atoms with Crippen LogP contribution in [0.2, 0.25) is 10.0 Å². The molecule has 0 aliphatic rings. The number of benzene rings is 3. The summed E-state index contributed by atoms with van der Waals surface area (Å²) in [5, 5.41) is 6.79. The SMILES string of the molecule is COc1cccc(/C=N\NC(=O)C(=O)Nc2ccccc2F)c1OCc1ccc(Cl)c(Cl)c1. The molecule has 3 rings (SSSR count). The van der Waals surface area contributed by atoms with Crippen LogP contribution in [0.3, 0.4) is 0 Å². The smallest absolute Gasteiger partial charge is 0.329 e. The van der Waals surface area contributed by atoms with E-state index in [9.17, 15) is 14.0 Å². The van der Waals surface area contributed by atoms with Gasteiger partial charge < -0.3 is 14.8 Å². The van der Waals surface area contributed by atoms with Gasteiger partial charge in [0.2, 0.25) is 0 Å². The molecule has 7 nitrogen and oxygen atoms in total. The highest BCUT2D eigenvalue weighted by Crippen LogP contribution is 2.31. The molecule has 0 unspecified atom stereocenters. The van der Waals surface area contributed by atoms with Crippen LogP contribution in [0, 0.1) is 5.82 Å². The van der Waals surface area contributed by atoms with E-state index >= 15 is 0 Å². The molecule has 0 heterocycles. The largest absolute Gasteiger partial charge is 0.493 e. The number of anilines is 1. The zero-order valence-corrected chi connectivity index (χ0v) is 18.8. The van der Waals surface area contributed by atoms with Gasteiger partial charge in [0.15, 0.2) is 11.5 Å². The zero-order valence-electron chi connectivity index (χ0n) is 17.3. The fourth-order valence-corrected chi connectivity index (χ4v) is 3.01. The molecule has 0 atom stereocenters. The molecule has 3 aromatic rings. The summed E-state index contributed by atoms with van der Waals surface area (Å²) in [6.45, 7) is 0.162. The van der Waals surface area contributed by atoms with E-state index in [0.717, 1.165) is 11.6 Å². The minimum absolute atomic E-state index is 0.118. The highest BCUT2D eigenvalue weighted by Gasteiger charge is 2.15. The van der Waals surface area contributed by atoms with Gasteiger partial charge in [0.25, 0.3) is 0 Å². The van der Waals surface area contributed by atoms with E-state index in [1.165, 1.54) is 31.5 Å². The van der Waals surface area contributed by atoms with E-state index in [2.05, 4.69) is 15.8 Å². The number of methoxy groups -OCH3 is 1. The molecule has 33 heavy (non-hydrogen) atoms. The number of rotatable bonds is 7. The molecule has 0 bridgehead atoms. The third kappa shape index (κ3) is 6.44. The maximum Gasteiger partial charge on any atom is 0.329 e. The monoisotopic (exact) mass is 489 g/mol. The van der Waals surface area contributed by atoms with E-state index in [-0.39, 0.29) is 12.3 Å². The summed E-state index contributed by atoms with van der Waals surface area (Å²) < 4.78 is 24.8. The first kappa shape index (κ1) is 24.0. The molecular formula is C23H18Cl2FN3O4. The van der Waals surface area contributed by atoms with Crippen LogP contribution >= 0.6 is 23.2 Å². The summed E-state index contributed by atoms with van der Waals surface area (Å²) >= 11 is 12.0. The third-order valence-corrected chi connectivity index (χ3v) is 5.03. The number of halogens is 3. The summed E-state index contributed by atoms with van der Waals surface area (Å²) in [7, 11) is 1.48. The molecule has 0 aliphatic carbocycles. The molecule has 0 spiro atoms. The topological polar surface area (TPSA) is 89.0 Å². The lowest BCUT2D eigenvalue weighted by Crippen LogP contribution is -2.32. The van der Waals surface area contributed by atoms with Crippen molar-refractivity contribution in [1.29, 1.82) is 0 Å². The van der Waals surface area contributed by atoms with Crippen LogP contribution in [0.1, 0.15) is 11.1 Å². The van der Waals surface area contributed by atoms with Gasteiger partial charge in [-0.25, -0.2) is 9.82 Å². The Morgan fingerprint density at radius 1 is 1.03 bits per heavy atom. The number of hydrazone groups is 1. The number of carbonyl (C=O) groups is 2. The van der Waals surface area contributed by atoms with Crippen LogP contribution in [0.15, 0.2) is 65.8 Å². The van der Waals surface area contributed by atoms with Gasteiger partial charge in [0.1, 0.15) is 12.4 Å². The lowest BCUT2D eigenvalue weighted by Gasteiger charge is -2.13. The summed E-state index contributed by atoms with van der Waals surface area (Å²) in [6, 6.07) is 15.7. The number of hydrogen-bond acceptors (Lipinski definition) is 5. The maximum absolute atomic E-state index is 13.6. The van der Waals surface area contributed by atoms with Crippen LogP contribution in [0.4, 0.5) is 10.1 Å². The van der Waals surface area contributed by atoms with Crippen LogP contribution in [0.5, 0.6) is 11.5 Å². The van der Waals surface area contributed by atoms with Gasteiger partial charge in [0, 0.05) is 5.56 Å². The molecular weight excluding hydrogens is 472 g/mol. The predicted octanol–water partition coefficient (Wildman–Crippen LogP) is 4.81. The van der Waals surface area contributed by atoms with E-state index < -0.39 is 17.6 Å². The Balaban J connectivity index is 1.68. The molecule has 0 fully saturated rings. The second kappa shape index (κ2) is 11.3. The van der Waals surface area contributed by atoms with Crippen molar-refractivity contribution in [3.63, 3.8) is 0 Å². The molecule has 0 saturated heterocycles. The molecule has 0 saturated carbocycles. The molecule has 0 radical (unpaired) electrons. The van der Waals surface area contributed by atoms with Gasteiger partial charge in [-0.1, -0.05) is 47.5 Å². The number of para-hydroxylation sites is 2. The Kier molecular flexibility index (Phi) is 8.23. The molecule has 0 aliphatic heterocycles. The van der Waals surface area contributed by atoms with Crippen LogP contribution < -0.4 is 20.2 Å². The van der Waals surface area contributed by atoms with Gasteiger partial charge >= 0.3 is 11.8 Å². The minimum Gasteiger partial charge on any atom is -0.493 e. The molecule has 2 amide bonds. The number of nitrogens with zero attached hydrogens (tertiary/aromatic N) is 1. The second-order valence-electron chi connectivity index (χ2n) is 6.55. The second-order valence-corrected chi connectivity index (χ2v) is 7.36. The molecule has 170 valence electrons. The standard InChI is InChI=1S/C23H18Cl2FN3O4/c1-32-20-8-4-5-15(21(20)33-13-14-9-10-16(24)17(25)11-14)12-27-29-23(31)22(30)28-19-7-3-2-6-18(19)26/h2-12H,13H2,1H3,(H,28,30)(H,29,31)/b27-12-. The van der Waals surface area contributed by atoms with E-state index in [4.69, 9.17) is 32.7 Å².